The van der Waals surface area contributed by atoms with Gasteiger partial charge in [-0.3, -0.25) is 4.99 Å². The molecule has 0 aliphatic carbocycles. The summed E-state index contributed by atoms with van der Waals surface area (Å²) in [7, 11) is 0. The maximum Gasteiger partial charge on any atom is 0.101 e. The molecule has 1 aliphatic heterocycles. The average molecular weight is 202 g/mol. The van der Waals surface area contributed by atoms with Crippen molar-refractivity contribution in [2.24, 2.45) is 4.99 Å². The number of hydrogen-bond donors (Lipinski definition) is 1. The SMILES string of the molecule is Cc1cccc(NC2=NCCCC2)c1C. The molecule has 2 rings (SSSR count). The highest BCUT2D eigenvalue weighted by Gasteiger charge is 2.07. The van der Waals surface area contributed by atoms with E-state index in [1.54, 1.807) is 0 Å². The van der Waals surface area contributed by atoms with Crippen LogP contribution in [0.3, 0.4) is 0 Å². The number of rotatable bonds is 1. The third-order valence-corrected chi connectivity index (χ3v) is 3.01. The van der Waals surface area contributed by atoms with E-state index < -0.39 is 0 Å². The van der Waals surface area contributed by atoms with E-state index in [4.69, 9.17) is 0 Å². The topological polar surface area (TPSA) is 24.4 Å². The van der Waals surface area contributed by atoms with Crippen LogP contribution in [0.1, 0.15) is 30.4 Å². The molecule has 1 heterocycles. The standard InChI is InChI=1S/C13H18N2/c1-10-6-5-7-12(11(10)2)15-13-8-3-4-9-14-13/h5-7H,3-4,8-9H2,1-2H3,(H,14,15). The van der Waals surface area contributed by atoms with Crippen LogP contribution in [0.15, 0.2) is 23.2 Å². The van der Waals surface area contributed by atoms with Crippen molar-refractivity contribution in [2.45, 2.75) is 33.1 Å². The van der Waals surface area contributed by atoms with Gasteiger partial charge in [-0.15, -0.1) is 0 Å². The molecule has 2 nitrogen and oxygen atoms in total. The summed E-state index contributed by atoms with van der Waals surface area (Å²) in [6.07, 6.45) is 3.59. The number of benzene rings is 1. The van der Waals surface area contributed by atoms with E-state index in [9.17, 15) is 0 Å². The number of aliphatic imine (C=N–C) groups is 1. The maximum atomic E-state index is 4.50. The Morgan fingerprint density at radius 2 is 2.07 bits per heavy atom. The minimum Gasteiger partial charge on any atom is -0.344 e. The van der Waals surface area contributed by atoms with Gasteiger partial charge in [0.25, 0.3) is 0 Å². The third-order valence-electron chi connectivity index (χ3n) is 3.01. The smallest absolute Gasteiger partial charge is 0.101 e. The van der Waals surface area contributed by atoms with Crippen LogP contribution in [-0.4, -0.2) is 12.4 Å². The van der Waals surface area contributed by atoms with Crippen molar-refractivity contribution in [1.29, 1.82) is 0 Å². The van der Waals surface area contributed by atoms with Crippen LogP contribution in [0, 0.1) is 13.8 Å². The number of nitrogens with zero attached hydrogens (tertiary/aromatic N) is 1. The first-order valence-corrected chi connectivity index (χ1v) is 5.64. The number of aryl methyl sites for hydroxylation is 1. The fraction of sp³-hybridized carbons (Fsp3) is 0.462. The van der Waals surface area contributed by atoms with Crippen LogP contribution < -0.4 is 5.32 Å². The van der Waals surface area contributed by atoms with Crippen molar-refractivity contribution in [1.82, 2.24) is 0 Å². The molecule has 1 N–H and O–H groups in total. The van der Waals surface area contributed by atoms with Gasteiger partial charge < -0.3 is 5.32 Å². The summed E-state index contributed by atoms with van der Waals surface area (Å²) in [5, 5.41) is 3.44. The molecule has 1 aliphatic rings. The molecule has 0 spiro atoms. The van der Waals surface area contributed by atoms with E-state index in [2.05, 4.69) is 42.4 Å². The molecule has 0 aromatic heterocycles. The zero-order valence-corrected chi connectivity index (χ0v) is 9.51. The van der Waals surface area contributed by atoms with Gasteiger partial charge in [-0.1, -0.05) is 12.1 Å². The normalized spacial score (nSPS) is 16.0. The van der Waals surface area contributed by atoms with E-state index in [1.807, 2.05) is 0 Å². The van der Waals surface area contributed by atoms with Gasteiger partial charge in [0.05, 0.1) is 0 Å². The minimum atomic E-state index is 0.979. The summed E-state index contributed by atoms with van der Waals surface area (Å²) >= 11 is 0. The van der Waals surface area contributed by atoms with E-state index in [1.165, 1.54) is 29.7 Å². The Morgan fingerprint density at radius 3 is 2.80 bits per heavy atom. The summed E-state index contributed by atoms with van der Waals surface area (Å²) in [6, 6.07) is 6.36. The monoisotopic (exact) mass is 202 g/mol. The highest BCUT2D eigenvalue weighted by atomic mass is 15.0. The zero-order chi connectivity index (χ0) is 10.7. The third kappa shape index (κ3) is 2.38. The van der Waals surface area contributed by atoms with Gasteiger partial charge in [0.2, 0.25) is 0 Å². The van der Waals surface area contributed by atoms with Crippen molar-refractivity contribution in [3.8, 4) is 0 Å². The lowest BCUT2D eigenvalue weighted by molar-refractivity contribution is 0.737. The number of hydrogen-bond acceptors (Lipinski definition) is 2. The second-order valence-corrected chi connectivity index (χ2v) is 4.16. The van der Waals surface area contributed by atoms with E-state index in [0.717, 1.165) is 18.8 Å². The summed E-state index contributed by atoms with van der Waals surface area (Å²) in [5.41, 5.74) is 3.86. The van der Waals surface area contributed by atoms with Gasteiger partial charge in [-0.2, -0.15) is 0 Å². The summed E-state index contributed by atoms with van der Waals surface area (Å²) in [4.78, 5) is 4.50. The largest absolute Gasteiger partial charge is 0.344 e. The molecule has 0 fully saturated rings. The molecule has 80 valence electrons. The first-order valence-electron chi connectivity index (χ1n) is 5.64. The fourth-order valence-electron chi connectivity index (χ4n) is 1.84. The Hall–Kier alpha value is -1.31. The molecule has 2 heteroatoms. The quantitative estimate of drug-likeness (QED) is 0.742. The van der Waals surface area contributed by atoms with Gasteiger partial charge in [-0.25, -0.2) is 0 Å². The first-order chi connectivity index (χ1) is 7.27. The highest BCUT2D eigenvalue weighted by Crippen LogP contribution is 2.19. The molecule has 0 amide bonds. The Kier molecular flexibility index (Phi) is 3.05. The Labute approximate surface area is 91.4 Å². The second-order valence-electron chi connectivity index (χ2n) is 4.16. The molecule has 1 aromatic rings. The lowest BCUT2D eigenvalue weighted by Gasteiger charge is -2.16. The van der Waals surface area contributed by atoms with Crippen LogP contribution in [0.5, 0.6) is 0 Å². The molecule has 0 radical (unpaired) electrons. The molecule has 0 atom stereocenters. The Bertz CT molecular complexity index is 380. The van der Waals surface area contributed by atoms with Crippen molar-refractivity contribution in [3.05, 3.63) is 29.3 Å². The minimum absolute atomic E-state index is 0.979. The average Bonchev–Trinajstić information content (AvgIpc) is 2.26. The molecule has 15 heavy (non-hydrogen) atoms. The lowest BCUT2D eigenvalue weighted by atomic mass is 10.1. The Morgan fingerprint density at radius 1 is 1.20 bits per heavy atom. The van der Waals surface area contributed by atoms with E-state index in [-0.39, 0.29) is 0 Å². The van der Waals surface area contributed by atoms with Crippen molar-refractivity contribution in [3.63, 3.8) is 0 Å². The number of amidine groups is 1. The predicted molar refractivity (Wildman–Crippen MR) is 65.7 cm³/mol. The number of nitrogens with one attached hydrogen (secondary N) is 1. The predicted octanol–water partition coefficient (Wildman–Crippen LogP) is 3.30. The Balaban J connectivity index is 2.16. The second kappa shape index (κ2) is 4.47. The van der Waals surface area contributed by atoms with E-state index >= 15 is 0 Å². The van der Waals surface area contributed by atoms with Crippen molar-refractivity contribution < 1.29 is 0 Å². The van der Waals surface area contributed by atoms with Gasteiger partial charge >= 0.3 is 0 Å². The van der Waals surface area contributed by atoms with E-state index in [0.29, 0.717) is 0 Å². The van der Waals surface area contributed by atoms with Crippen LogP contribution in [0.25, 0.3) is 0 Å². The lowest BCUT2D eigenvalue weighted by Crippen LogP contribution is -2.16. The van der Waals surface area contributed by atoms with Gasteiger partial charge in [0, 0.05) is 18.7 Å². The fourth-order valence-corrected chi connectivity index (χ4v) is 1.84. The number of anilines is 1. The van der Waals surface area contributed by atoms with Gasteiger partial charge in [0.1, 0.15) is 5.84 Å². The molecule has 0 saturated heterocycles. The molecule has 0 saturated carbocycles. The summed E-state index contributed by atoms with van der Waals surface area (Å²) in [5.74, 6) is 1.15. The summed E-state index contributed by atoms with van der Waals surface area (Å²) < 4.78 is 0. The van der Waals surface area contributed by atoms with Crippen LogP contribution in [0.2, 0.25) is 0 Å². The molecule has 1 aromatic carbocycles. The van der Waals surface area contributed by atoms with Crippen molar-refractivity contribution >= 4 is 11.5 Å². The van der Waals surface area contributed by atoms with Crippen LogP contribution in [0.4, 0.5) is 5.69 Å². The molecule has 0 bridgehead atoms. The van der Waals surface area contributed by atoms with Crippen molar-refractivity contribution in [2.75, 3.05) is 11.9 Å². The highest BCUT2D eigenvalue weighted by molar-refractivity contribution is 5.96. The van der Waals surface area contributed by atoms with Gasteiger partial charge in [-0.05, 0) is 43.9 Å². The molecular weight excluding hydrogens is 184 g/mol. The first kappa shape index (κ1) is 10.2. The molecule has 0 unspecified atom stereocenters. The van der Waals surface area contributed by atoms with Crippen LogP contribution >= 0.6 is 0 Å². The zero-order valence-electron chi connectivity index (χ0n) is 9.51. The van der Waals surface area contributed by atoms with Crippen LogP contribution in [-0.2, 0) is 0 Å². The molecular formula is C13H18N2. The summed E-state index contributed by atoms with van der Waals surface area (Å²) in [6.45, 7) is 5.28. The van der Waals surface area contributed by atoms with Gasteiger partial charge in [0.15, 0.2) is 0 Å². The maximum absolute atomic E-state index is 4.50.